The smallest absolute Gasteiger partial charge is 0.417 e. The lowest BCUT2D eigenvalue weighted by molar-refractivity contribution is -0.137. The number of rotatable bonds is 10. The Bertz CT molecular complexity index is 1290. The molecule has 2 aromatic carbocycles. The van der Waals surface area contributed by atoms with E-state index >= 15 is 0 Å². The van der Waals surface area contributed by atoms with E-state index in [0.29, 0.717) is 16.5 Å². The molecule has 0 saturated carbocycles. The number of carbonyl (C=O) groups excluding carboxylic acids is 3. The first kappa shape index (κ1) is 28.4. The van der Waals surface area contributed by atoms with Gasteiger partial charge in [0.1, 0.15) is 11.3 Å². The summed E-state index contributed by atoms with van der Waals surface area (Å²) in [6.45, 7) is 3.36. The van der Waals surface area contributed by atoms with Gasteiger partial charge in [0.25, 0.3) is 11.8 Å². The number of hydrogen-bond acceptors (Lipinski definition) is 7. The number of nitriles is 1. The Kier molecular flexibility index (Phi) is 8.28. The monoisotopic (exact) mass is 534 g/mol. The minimum absolute atomic E-state index is 0.0174. The van der Waals surface area contributed by atoms with Gasteiger partial charge >= 0.3 is 12.2 Å². The summed E-state index contributed by atoms with van der Waals surface area (Å²) in [5.41, 5.74) is 2.28. The predicted octanol–water partition coefficient (Wildman–Crippen LogP) is 3.16. The Balaban J connectivity index is 1.56. The first-order valence-electron chi connectivity index (χ1n) is 11.3. The van der Waals surface area contributed by atoms with Crippen LogP contribution in [0.15, 0.2) is 36.4 Å². The van der Waals surface area contributed by atoms with Crippen LogP contribution in [0.3, 0.4) is 0 Å². The third-order valence-electron chi connectivity index (χ3n) is 5.94. The normalized spacial score (nSPS) is 15.2. The van der Waals surface area contributed by atoms with Crippen molar-refractivity contribution in [2.45, 2.75) is 32.2 Å². The highest BCUT2D eigenvalue weighted by molar-refractivity contribution is 6.23. The molecule has 0 bridgehead atoms. The molecule has 1 saturated heterocycles. The molecule has 38 heavy (non-hydrogen) atoms. The van der Waals surface area contributed by atoms with E-state index in [1.165, 1.54) is 36.9 Å². The molecule has 1 aliphatic rings. The van der Waals surface area contributed by atoms with Crippen LogP contribution >= 0.6 is 0 Å². The van der Waals surface area contributed by atoms with Crippen molar-refractivity contribution in [2.24, 2.45) is 5.73 Å². The third-order valence-corrected chi connectivity index (χ3v) is 5.94. The molecule has 0 spiro atoms. The summed E-state index contributed by atoms with van der Waals surface area (Å²) in [5, 5.41) is 18.6. The number of hydrogen-bond donors (Lipinski definition) is 2. The van der Waals surface area contributed by atoms with E-state index in [-0.39, 0.29) is 50.0 Å². The van der Waals surface area contributed by atoms with Crippen LogP contribution in [-0.2, 0) is 27.1 Å². The van der Waals surface area contributed by atoms with Crippen molar-refractivity contribution >= 4 is 23.5 Å². The number of amides is 4. The average Bonchev–Trinajstić information content (AvgIpc) is 3.01. The number of urea groups is 1. The molecule has 202 valence electrons. The molecule has 1 fully saturated rings. The number of anilines is 1. The van der Waals surface area contributed by atoms with E-state index in [2.05, 4.69) is 0 Å². The SMILES string of the molecule is CC1(C)C(=O)N(c2ccc(C#N)c(C(F)(F)F)c2)C(=O)N1CCOCCOCc1ccc(O)c(C(N)=O)c1. The maximum atomic E-state index is 13.4. The summed E-state index contributed by atoms with van der Waals surface area (Å²) >= 11 is 0. The largest absolute Gasteiger partial charge is 0.507 e. The van der Waals surface area contributed by atoms with Gasteiger partial charge in [0.15, 0.2) is 0 Å². The van der Waals surface area contributed by atoms with E-state index in [1.54, 1.807) is 6.07 Å². The average molecular weight is 534 g/mol. The number of primary amides is 1. The molecule has 2 aromatic rings. The quantitative estimate of drug-likeness (QED) is 0.352. The summed E-state index contributed by atoms with van der Waals surface area (Å²) in [7, 11) is 0. The van der Waals surface area contributed by atoms with Crippen LogP contribution < -0.4 is 10.6 Å². The van der Waals surface area contributed by atoms with Crippen molar-refractivity contribution in [1.29, 1.82) is 5.26 Å². The van der Waals surface area contributed by atoms with Crippen molar-refractivity contribution in [3.63, 3.8) is 0 Å². The molecular weight excluding hydrogens is 509 g/mol. The number of ether oxygens (including phenoxy) is 2. The van der Waals surface area contributed by atoms with E-state index in [9.17, 15) is 32.7 Å². The van der Waals surface area contributed by atoms with E-state index in [0.717, 1.165) is 12.1 Å². The molecular formula is C25H25F3N4O6. The minimum Gasteiger partial charge on any atom is -0.507 e. The fraction of sp³-hybridized carbons (Fsp3) is 0.360. The van der Waals surface area contributed by atoms with Crippen molar-refractivity contribution in [3.8, 4) is 11.8 Å². The van der Waals surface area contributed by atoms with Gasteiger partial charge in [0.2, 0.25) is 0 Å². The lowest BCUT2D eigenvalue weighted by atomic mass is 10.0. The lowest BCUT2D eigenvalue weighted by Gasteiger charge is -2.27. The van der Waals surface area contributed by atoms with E-state index < -0.39 is 40.7 Å². The van der Waals surface area contributed by atoms with Gasteiger partial charge in [-0.25, -0.2) is 9.69 Å². The number of halogens is 3. The van der Waals surface area contributed by atoms with Crippen LogP contribution in [0.4, 0.5) is 23.7 Å². The van der Waals surface area contributed by atoms with Gasteiger partial charge in [-0.2, -0.15) is 18.4 Å². The zero-order chi connectivity index (χ0) is 28.3. The molecule has 0 aliphatic carbocycles. The molecule has 4 amide bonds. The Morgan fingerprint density at radius 1 is 1.11 bits per heavy atom. The third kappa shape index (κ3) is 5.87. The first-order valence-corrected chi connectivity index (χ1v) is 11.3. The Labute approximate surface area is 215 Å². The molecule has 0 radical (unpaired) electrons. The summed E-state index contributed by atoms with van der Waals surface area (Å²) < 4.78 is 51.1. The highest BCUT2D eigenvalue weighted by Gasteiger charge is 2.52. The van der Waals surface area contributed by atoms with Gasteiger partial charge in [0, 0.05) is 6.54 Å². The fourth-order valence-electron chi connectivity index (χ4n) is 3.88. The summed E-state index contributed by atoms with van der Waals surface area (Å²) in [4.78, 5) is 39.2. The second-order valence-corrected chi connectivity index (χ2v) is 8.85. The molecule has 13 heteroatoms. The Morgan fingerprint density at radius 2 is 1.79 bits per heavy atom. The molecule has 3 N–H and O–H groups in total. The highest BCUT2D eigenvalue weighted by Crippen LogP contribution is 2.37. The van der Waals surface area contributed by atoms with Crippen LogP contribution in [-0.4, -0.2) is 59.8 Å². The van der Waals surface area contributed by atoms with E-state index in [4.69, 9.17) is 20.5 Å². The molecule has 1 heterocycles. The van der Waals surface area contributed by atoms with Crippen molar-refractivity contribution < 1.29 is 42.1 Å². The molecule has 0 aromatic heterocycles. The van der Waals surface area contributed by atoms with Gasteiger partial charge in [-0.15, -0.1) is 0 Å². The number of nitrogens with zero attached hydrogens (tertiary/aromatic N) is 3. The number of nitrogens with two attached hydrogens (primary N) is 1. The van der Waals surface area contributed by atoms with Crippen LogP contribution in [0.2, 0.25) is 0 Å². The summed E-state index contributed by atoms with van der Waals surface area (Å²) in [6, 6.07) is 7.62. The zero-order valence-corrected chi connectivity index (χ0v) is 20.5. The second-order valence-electron chi connectivity index (χ2n) is 8.85. The Morgan fingerprint density at radius 3 is 2.42 bits per heavy atom. The number of phenols is 1. The second kappa shape index (κ2) is 11.1. The molecule has 0 unspecified atom stereocenters. The topological polar surface area (TPSA) is 146 Å². The van der Waals surface area contributed by atoms with Gasteiger partial charge in [-0.1, -0.05) is 6.07 Å². The highest BCUT2D eigenvalue weighted by atomic mass is 19.4. The van der Waals surface area contributed by atoms with Gasteiger partial charge in [0.05, 0.1) is 54.9 Å². The van der Waals surface area contributed by atoms with Crippen LogP contribution in [0.5, 0.6) is 5.75 Å². The molecule has 10 nitrogen and oxygen atoms in total. The predicted molar refractivity (Wildman–Crippen MR) is 127 cm³/mol. The minimum atomic E-state index is -4.84. The summed E-state index contributed by atoms with van der Waals surface area (Å²) in [5.74, 6) is -1.72. The Hall–Kier alpha value is -4.15. The number of alkyl halides is 3. The number of imide groups is 1. The summed E-state index contributed by atoms with van der Waals surface area (Å²) in [6.07, 6.45) is -4.84. The number of benzene rings is 2. The van der Waals surface area contributed by atoms with Crippen LogP contribution in [0.1, 0.15) is 40.9 Å². The maximum Gasteiger partial charge on any atom is 0.417 e. The van der Waals surface area contributed by atoms with Gasteiger partial charge < -0.3 is 25.2 Å². The molecule has 1 aliphatic heterocycles. The van der Waals surface area contributed by atoms with Crippen molar-refractivity contribution in [3.05, 3.63) is 58.7 Å². The van der Waals surface area contributed by atoms with Crippen molar-refractivity contribution in [1.82, 2.24) is 4.90 Å². The fourth-order valence-corrected chi connectivity index (χ4v) is 3.88. The van der Waals surface area contributed by atoms with Crippen molar-refractivity contribution in [2.75, 3.05) is 31.3 Å². The van der Waals surface area contributed by atoms with Crippen LogP contribution in [0.25, 0.3) is 0 Å². The lowest BCUT2D eigenvalue weighted by Crippen LogP contribution is -2.45. The van der Waals surface area contributed by atoms with Gasteiger partial charge in [-0.3, -0.25) is 9.59 Å². The number of carbonyl (C=O) groups is 3. The standard InChI is InChI=1S/C25H25F3N4O6/c1-24(2)22(35)32(17-5-4-16(13-29)19(12-17)25(26,27)28)23(36)31(24)7-8-37-9-10-38-14-15-3-6-20(33)18(11-15)21(30)34/h3-6,11-12,33H,7-10,14H2,1-2H3,(H2,30,34). The molecule has 3 rings (SSSR count). The van der Waals surface area contributed by atoms with E-state index in [1.807, 2.05) is 0 Å². The number of aromatic hydroxyl groups is 1. The zero-order valence-electron chi connectivity index (χ0n) is 20.5. The van der Waals surface area contributed by atoms with Crippen LogP contribution in [0, 0.1) is 11.3 Å². The maximum absolute atomic E-state index is 13.4. The van der Waals surface area contributed by atoms with Gasteiger partial charge in [-0.05, 0) is 49.7 Å². The molecule has 0 atom stereocenters. The first-order chi connectivity index (χ1) is 17.8.